The van der Waals surface area contributed by atoms with Crippen LogP contribution in [0.5, 0.6) is 0 Å². The quantitative estimate of drug-likeness (QED) is 0.516. The average Bonchev–Trinajstić information content (AvgIpc) is 3.27. The molecule has 1 fully saturated rings. The van der Waals surface area contributed by atoms with Gasteiger partial charge in [0, 0.05) is 30.8 Å². The van der Waals surface area contributed by atoms with E-state index in [0.717, 1.165) is 23.8 Å². The number of para-hydroxylation sites is 1. The van der Waals surface area contributed by atoms with Gasteiger partial charge in [0.05, 0.1) is 10.9 Å². The standard InChI is InChI=1S/C24H28N4O2/c29-23(11-5-10-22-27-21-9-4-3-8-20(21)24(30)28-22)26-19-14-12-18(13-15-19)25-16-17-6-1-2-7-17/h3-4,8-9,12-15,17,25H,1-2,5-7,10-11,16H2,(H,26,29)(H,27,28,30). The number of benzene rings is 2. The molecule has 1 amide bonds. The molecule has 2 aromatic carbocycles. The predicted octanol–water partition coefficient (Wildman–Crippen LogP) is 4.49. The summed E-state index contributed by atoms with van der Waals surface area (Å²) in [6.07, 6.45) is 6.89. The van der Waals surface area contributed by atoms with Crippen LogP contribution in [0.4, 0.5) is 11.4 Å². The Bertz CT molecular complexity index is 1050. The van der Waals surface area contributed by atoms with Crippen LogP contribution in [0.2, 0.25) is 0 Å². The first-order chi connectivity index (χ1) is 14.7. The zero-order valence-electron chi connectivity index (χ0n) is 17.1. The van der Waals surface area contributed by atoms with Crippen LogP contribution < -0.4 is 16.2 Å². The first kappa shape index (κ1) is 20.1. The number of aromatic nitrogens is 2. The number of rotatable bonds is 8. The van der Waals surface area contributed by atoms with Crippen LogP contribution in [0, 0.1) is 5.92 Å². The highest BCUT2D eigenvalue weighted by Crippen LogP contribution is 2.25. The van der Waals surface area contributed by atoms with Gasteiger partial charge in [-0.2, -0.15) is 0 Å². The van der Waals surface area contributed by atoms with E-state index in [0.29, 0.717) is 36.0 Å². The molecule has 3 N–H and O–H groups in total. The molecule has 0 aliphatic heterocycles. The lowest BCUT2D eigenvalue weighted by molar-refractivity contribution is -0.116. The molecule has 0 spiro atoms. The second-order valence-electron chi connectivity index (χ2n) is 8.04. The minimum atomic E-state index is -0.137. The monoisotopic (exact) mass is 404 g/mol. The smallest absolute Gasteiger partial charge is 0.258 e. The molecule has 0 saturated heterocycles. The topological polar surface area (TPSA) is 86.9 Å². The third-order valence-corrected chi connectivity index (χ3v) is 5.72. The molecule has 0 bridgehead atoms. The third-order valence-electron chi connectivity index (χ3n) is 5.72. The number of hydrogen-bond acceptors (Lipinski definition) is 4. The third kappa shape index (κ3) is 5.26. The van der Waals surface area contributed by atoms with E-state index in [1.807, 2.05) is 42.5 Å². The summed E-state index contributed by atoms with van der Waals surface area (Å²) < 4.78 is 0. The summed E-state index contributed by atoms with van der Waals surface area (Å²) in [5.41, 5.74) is 2.43. The molecule has 30 heavy (non-hydrogen) atoms. The first-order valence-electron chi connectivity index (χ1n) is 10.8. The molecule has 0 radical (unpaired) electrons. The molecule has 6 nitrogen and oxygen atoms in total. The number of nitrogens with one attached hydrogen (secondary N) is 3. The van der Waals surface area contributed by atoms with Crippen molar-refractivity contribution in [2.75, 3.05) is 17.2 Å². The van der Waals surface area contributed by atoms with Gasteiger partial charge in [0.2, 0.25) is 5.91 Å². The molecular weight excluding hydrogens is 376 g/mol. The molecule has 1 aromatic heterocycles. The van der Waals surface area contributed by atoms with Crippen LogP contribution in [-0.2, 0) is 11.2 Å². The number of hydrogen-bond donors (Lipinski definition) is 3. The molecule has 6 heteroatoms. The van der Waals surface area contributed by atoms with Gasteiger partial charge >= 0.3 is 0 Å². The zero-order chi connectivity index (χ0) is 20.8. The number of amides is 1. The number of nitrogens with zero attached hydrogens (tertiary/aromatic N) is 1. The van der Waals surface area contributed by atoms with Gasteiger partial charge in [-0.15, -0.1) is 0 Å². The van der Waals surface area contributed by atoms with Gasteiger partial charge in [-0.05, 0) is 61.6 Å². The van der Waals surface area contributed by atoms with E-state index in [1.165, 1.54) is 25.7 Å². The molecule has 1 aliphatic rings. The number of fused-ring (bicyclic) bond motifs is 1. The number of aromatic amines is 1. The maximum absolute atomic E-state index is 12.2. The molecule has 1 heterocycles. The van der Waals surface area contributed by atoms with Crippen molar-refractivity contribution >= 4 is 28.2 Å². The van der Waals surface area contributed by atoms with E-state index < -0.39 is 0 Å². The van der Waals surface area contributed by atoms with Gasteiger partial charge in [0.1, 0.15) is 5.82 Å². The highest BCUT2D eigenvalue weighted by molar-refractivity contribution is 5.90. The summed E-state index contributed by atoms with van der Waals surface area (Å²) >= 11 is 0. The highest BCUT2D eigenvalue weighted by atomic mass is 16.1. The Morgan fingerprint density at radius 2 is 1.77 bits per heavy atom. The number of carbonyl (C=O) groups excluding carboxylic acids is 1. The lowest BCUT2D eigenvalue weighted by Crippen LogP contribution is -2.14. The minimum absolute atomic E-state index is 0.0372. The summed E-state index contributed by atoms with van der Waals surface area (Å²) in [5.74, 6) is 1.37. The van der Waals surface area contributed by atoms with Crippen LogP contribution in [0.25, 0.3) is 10.9 Å². The van der Waals surface area contributed by atoms with Crippen molar-refractivity contribution in [2.24, 2.45) is 5.92 Å². The molecule has 0 unspecified atom stereocenters. The molecule has 1 aliphatic carbocycles. The van der Waals surface area contributed by atoms with Crippen molar-refractivity contribution in [3.63, 3.8) is 0 Å². The van der Waals surface area contributed by atoms with Gasteiger partial charge in [0.25, 0.3) is 5.56 Å². The molecule has 4 rings (SSSR count). The Morgan fingerprint density at radius 1 is 1.03 bits per heavy atom. The fourth-order valence-corrected chi connectivity index (χ4v) is 4.04. The molecular formula is C24H28N4O2. The van der Waals surface area contributed by atoms with Crippen molar-refractivity contribution in [3.05, 3.63) is 64.7 Å². The maximum Gasteiger partial charge on any atom is 0.258 e. The summed E-state index contributed by atoms with van der Waals surface area (Å²) in [6.45, 7) is 1.02. The van der Waals surface area contributed by atoms with E-state index in [4.69, 9.17) is 0 Å². The van der Waals surface area contributed by atoms with Gasteiger partial charge in [-0.25, -0.2) is 4.98 Å². The van der Waals surface area contributed by atoms with Crippen LogP contribution in [0.3, 0.4) is 0 Å². The van der Waals surface area contributed by atoms with Crippen molar-refractivity contribution < 1.29 is 4.79 Å². The lowest BCUT2D eigenvalue weighted by Gasteiger charge is -2.12. The first-order valence-corrected chi connectivity index (χ1v) is 10.8. The number of H-pyrrole nitrogens is 1. The second kappa shape index (κ2) is 9.57. The van der Waals surface area contributed by atoms with Crippen molar-refractivity contribution in [1.82, 2.24) is 9.97 Å². The Balaban J connectivity index is 1.23. The van der Waals surface area contributed by atoms with E-state index >= 15 is 0 Å². The van der Waals surface area contributed by atoms with Gasteiger partial charge < -0.3 is 15.6 Å². The van der Waals surface area contributed by atoms with E-state index in [-0.39, 0.29) is 11.5 Å². The molecule has 1 saturated carbocycles. The van der Waals surface area contributed by atoms with Crippen molar-refractivity contribution in [1.29, 1.82) is 0 Å². The predicted molar refractivity (Wildman–Crippen MR) is 121 cm³/mol. The largest absolute Gasteiger partial charge is 0.385 e. The van der Waals surface area contributed by atoms with Crippen LogP contribution in [-0.4, -0.2) is 22.4 Å². The fraction of sp³-hybridized carbons (Fsp3) is 0.375. The number of carbonyl (C=O) groups is 1. The van der Waals surface area contributed by atoms with Gasteiger partial charge in [-0.3, -0.25) is 9.59 Å². The Labute approximate surface area is 176 Å². The Hall–Kier alpha value is -3.15. The van der Waals surface area contributed by atoms with Crippen LogP contribution in [0.1, 0.15) is 44.3 Å². The minimum Gasteiger partial charge on any atom is -0.385 e. The zero-order valence-corrected chi connectivity index (χ0v) is 17.1. The molecule has 0 atom stereocenters. The van der Waals surface area contributed by atoms with Crippen molar-refractivity contribution in [2.45, 2.75) is 44.9 Å². The van der Waals surface area contributed by atoms with E-state index in [9.17, 15) is 9.59 Å². The van der Waals surface area contributed by atoms with Crippen LogP contribution >= 0.6 is 0 Å². The summed E-state index contributed by atoms with van der Waals surface area (Å²) in [6, 6.07) is 15.1. The summed E-state index contributed by atoms with van der Waals surface area (Å²) in [4.78, 5) is 31.6. The average molecular weight is 405 g/mol. The summed E-state index contributed by atoms with van der Waals surface area (Å²) in [5, 5.41) is 7.01. The SMILES string of the molecule is O=C(CCCc1nc2ccccc2c(=O)[nH]1)Nc1ccc(NCC2CCCC2)cc1. The number of anilines is 2. The van der Waals surface area contributed by atoms with Crippen molar-refractivity contribution in [3.8, 4) is 0 Å². The van der Waals surface area contributed by atoms with Gasteiger partial charge in [0.15, 0.2) is 0 Å². The Kier molecular flexibility index (Phi) is 6.42. The second-order valence-corrected chi connectivity index (χ2v) is 8.04. The highest BCUT2D eigenvalue weighted by Gasteiger charge is 2.14. The van der Waals surface area contributed by atoms with Crippen LogP contribution in [0.15, 0.2) is 53.3 Å². The normalized spacial score (nSPS) is 14.1. The van der Waals surface area contributed by atoms with E-state index in [1.54, 1.807) is 6.07 Å². The lowest BCUT2D eigenvalue weighted by atomic mass is 10.1. The molecule has 3 aromatic rings. The molecule has 156 valence electrons. The Morgan fingerprint density at radius 3 is 2.57 bits per heavy atom. The summed E-state index contributed by atoms with van der Waals surface area (Å²) in [7, 11) is 0. The maximum atomic E-state index is 12.2. The van der Waals surface area contributed by atoms with Gasteiger partial charge in [-0.1, -0.05) is 25.0 Å². The number of aryl methyl sites for hydroxylation is 1. The van der Waals surface area contributed by atoms with E-state index in [2.05, 4.69) is 20.6 Å². The fourth-order valence-electron chi connectivity index (χ4n) is 4.04.